The lowest BCUT2D eigenvalue weighted by Crippen LogP contribution is -2.15. The predicted molar refractivity (Wildman–Crippen MR) is 99.7 cm³/mol. The Morgan fingerprint density at radius 1 is 1.22 bits per heavy atom. The van der Waals surface area contributed by atoms with E-state index in [4.69, 9.17) is 11.6 Å². The van der Waals surface area contributed by atoms with Crippen LogP contribution in [-0.4, -0.2) is 25.9 Å². The van der Waals surface area contributed by atoms with Crippen molar-refractivity contribution in [2.75, 3.05) is 4.72 Å². The van der Waals surface area contributed by atoms with Gasteiger partial charge in [-0.1, -0.05) is 35.9 Å². The van der Waals surface area contributed by atoms with Crippen LogP contribution < -0.4 is 4.72 Å². The van der Waals surface area contributed by atoms with Gasteiger partial charge in [0.1, 0.15) is 5.15 Å². The van der Waals surface area contributed by atoms with Crippen molar-refractivity contribution < 1.29 is 13.2 Å². The number of hydrogen-bond donors (Lipinski definition) is 1. The molecule has 1 N–H and O–H groups in total. The first-order valence-electron chi connectivity index (χ1n) is 7.83. The molecule has 0 fully saturated rings. The first kappa shape index (κ1) is 19.5. The highest BCUT2D eigenvalue weighted by molar-refractivity contribution is 8.00. The summed E-state index contributed by atoms with van der Waals surface area (Å²) in [6, 6.07) is 7.07. The lowest BCUT2D eigenvalue weighted by Gasteiger charge is -2.15. The largest absolute Gasteiger partial charge is 0.393 e. The van der Waals surface area contributed by atoms with Crippen LogP contribution in [0.5, 0.6) is 0 Å². The number of hydrogen-bond acceptors (Lipinski definition) is 5. The molecule has 0 saturated carbocycles. The third-order valence-corrected chi connectivity index (χ3v) is 4.72. The molecule has 0 saturated heterocycles. The molecule has 3 rings (SSSR count). The Labute approximate surface area is 163 Å². The minimum absolute atomic E-state index is 0.123. The van der Waals surface area contributed by atoms with Crippen molar-refractivity contribution in [3.63, 3.8) is 0 Å². The summed E-state index contributed by atoms with van der Waals surface area (Å²) >= 11 is 7.30. The van der Waals surface area contributed by atoms with Crippen molar-refractivity contribution in [1.29, 1.82) is 0 Å². The van der Waals surface area contributed by atoms with Crippen LogP contribution in [0.15, 0.2) is 41.6 Å². The quantitative estimate of drug-likeness (QED) is 0.468. The van der Waals surface area contributed by atoms with Crippen molar-refractivity contribution in [2.24, 2.45) is 7.05 Å². The summed E-state index contributed by atoms with van der Waals surface area (Å²) in [4.78, 5) is 9.11. The Balaban J connectivity index is 2.01. The van der Waals surface area contributed by atoms with E-state index in [9.17, 15) is 13.2 Å². The molecule has 0 amide bonds. The molecule has 5 nitrogen and oxygen atoms in total. The zero-order chi connectivity index (χ0) is 19.6. The number of nitrogens with zero attached hydrogens (tertiary/aromatic N) is 4. The van der Waals surface area contributed by atoms with Gasteiger partial charge in [-0.3, -0.25) is 9.40 Å². The molecular formula is C17H15ClF3N5S. The zero-order valence-electron chi connectivity index (χ0n) is 14.4. The van der Waals surface area contributed by atoms with Gasteiger partial charge < -0.3 is 0 Å². The monoisotopic (exact) mass is 413 g/mol. The summed E-state index contributed by atoms with van der Waals surface area (Å²) in [5.74, 6) is 0.123. The van der Waals surface area contributed by atoms with Crippen LogP contribution in [0, 0.1) is 6.92 Å². The Hall–Kier alpha value is -2.26. The van der Waals surface area contributed by atoms with Crippen LogP contribution in [0.1, 0.15) is 11.1 Å². The number of aromatic nitrogens is 4. The SMILES string of the molecule is Cc1ccccc1-c1nc(NSc2cnn(C)c2)nc(Cl)c1CC(F)(F)F. The van der Waals surface area contributed by atoms with Crippen molar-refractivity contribution >= 4 is 29.5 Å². The van der Waals surface area contributed by atoms with Crippen molar-refractivity contribution in [3.05, 3.63) is 52.9 Å². The number of aryl methyl sites for hydroxylation is 2. The normalized spacial score (nSPS) is 11.6. The van der Waals surface area contributed by atoms with E-state index in [1.54, 1.807) is 49.2 Å². The number of alkyl halides is 3. The second kappa shape index (κ2) is 7.77. The average Bonchev–Trinajstić information content (AvgIpc) is 3.00. The summed E-state index contributed by atoms with van der Waals surface area (Å²) < 4.78 is 43.7. The number of rotatable bonds is 5. The third kappa shape index (κ3) is 4.92. The molecule has 142 valence electrons. The summed E-state index contributed by atoms with van der Waals surface area (Å²) in [5.41, 5.74) is 1.40. The molecule has 0 atom stereocenters. The predicted octanol–water partition coefficient (Wildman–Crippen LogP) is 5.06. The van der Waals surface area contributed by atoms with Crippen LogP contribution in [0.25, 0.3) is 11.3 Å². The summed E-state index contributed by atoms with van der Waals surface area (Å²) in [6.45, 7) is 1.81. The van der Waals surface area contributed by atoms with Gasteiger partial charge in [-0.25, -0.2) is 9.97 Å². The van der Waals surface area contributed by atoms with Crippen LogP contribution >= 0.6 is 23.5 Å². The molecule has 0 radical (unpaired) electrons. The lowest BCUT2D eigenvalue weighted by atomic mass is 10.0. The fourth-order valence-electron chi connectivity index (χ4n) is 2.48. The first-order valence-corrected chi connectivity index (χ1v) is 9.03. The zero-order valence-corrected chi connectivity index (χ0v) is 16.0. The minimum atomic E-state index is -4.43. The van der Waals surface area contributed by atoms with Gasteiger partial charge in [-0.05, 0) is 24.4 Å². The van der Waals surface area contributed by atoms with Gasteiger partial charge in [-0.2, -0.15) is 18.3 Å². The standard InChI is InChI=1S/C17H15ClF3N5S/c1-10-5-3-4-6-12(10)14-13(7-17(19,20)21)15(18)24-16(23-14)25-27-11-8-22-26(2)9-11/h3-6,8-9H,7H2,1-2H3,(H,23,24,25). The average molecular weight is 414 g/mol. The maximum Gasteiger partial charge on any atom is 0.393 e. The topological polar surface area (TPSA) is 55.6 Å². The second-order valence-electron chi connectivity index (χ2n) is 5.83. The molecule has 27 heavy (non-hydrogen) atoms. The Bertz CT molecular complexity index is 958. The van der Waals surface area contributed by atoms with Crippen LogP contribution in [0.4, 0.5) is 19.1 Å². The van der Waals surface area contributed by atoms with Gasteiger partial charge in [0, 0.05) is 24.4 Å². The number of anilines is 1. The van der Waals surface area contributed by atoms with E-state index in [-0.39, 0.29) is 22.4 Å². The fourth-order valence-corrected chi connectivity index (χ4v) is 3.32. The van der Waals surface area contributed by atoms with E-state index >= 15 is 0 Å². The summed E-state index contributed by atoms with van der Waals surface area (Å²) in [5, 5.41) is 3.81. The van der Waals surface area contributed by atoms with Crippen LogP contribution in [0.2, 0.25) is 5.15 Å². The molecule has 3 aromatic rings. The molecule has 10 heteroatoms. The van der Waals surface area contributed by atoms with Crippen molar-refractivity contribution in [3.8, 4) is 11.3 Å². The van der Waals surface area contributed by atoms with E-state index in [1.807, 2.05) is 6.07 Å². The molecule has 2 aromatic heterocycles. The van der Waals surface area contributed by atoms with E-state index in [2.05, 4.69) is 19.8 Å². The Morgan fingerprint density at radius 3 is 2.59 bits per heavy atom. The van der Waals surface area contributed by atoms with E-state index in [0.717, 1.165) is 10.5 Å². The third-order valence-electron chi connectivity index (χ3n) is 3.68. The summed E-state index contributed by atoms with van der Waals surface area (Å²) in [6.07, 6.45) is -2.21. The van der Waals surface area contributed by atoms with Gasteiger partial charge >= 0.3 is 6.18 Å². The molecular weight excluding hydrogens is 399 g/mol. The minimum Gasteiger partial charge on any atom is -0.294 e. The van der Waals surface area contributed by atoms with Gasteiger partial charge in [0.15, 0.2) is 0 Å². The number of halogens is 4. The van der Waals surface area contributed by atoms with Gasteiger partial charge in [-0.15, -0.1) is 0 Å². The Morgan fingerprint density at radius 2 is 1.96 bits per heavy atom. The van der Waals surface area contributed by atoms with Crippen molar-refractivity contribution in [2.45, 2.75) is 24.4 Å². The molecule has 1 aromatic carbocycles. The lowest BCUT2D eigenvalue weighted by molar-refractivity contribution is -0.127. The highest BCUT2D eigenvalue weighted by Crippen LogP contribution is 2.35. The highest BCUT2D eigenvalue weighted by Gasteiger charge is 2.32. The molecule has 0 aliphatic heterocycles. The molecule has 0 spiro atoms. The molecule has 0 unspecified atom stereocenters. The maximum absolute atomic E-state index is 13.0. The van der Waals surface area contributed by atoms with Gasteiger partial charge in [0.05, 0.1) is 23.2 Å². The van der Waals surface area contributed by atoms with E-state index < -0.39 is 12.6 Å². The van der Waals surface area contributed by atoms with Crippen LogP contribution in [0.3, 0.4) is 0 Å². The highest BCUT2D eigenvalue weighted by atomic mass is 35.5. The van der Waals surface area contributed by atoms with Gasteiger partial charge in [0.25, 0.3) is 0 Å². The maximum atomic E-state index is 13.0. The van der Waals surface area contributed by atoms with Crippen LogP contribution in [-0.2, 0) is 13.5 Å². The first-order chi connectivity index (χ1) is 12.7. The van der Waals surface area contributed by atoms with Crippen molar-refractivity contribution in [1.82, 2.24) is 19.7 Å². The number of nitrogens with one attached hydrogen (secondary N) is 1. The Kier molecular flexibility index (Phi) is 5.61. The van der Waals surface area contributed by atoms with E-state index in [0.29, 0.717) is 5.56 Å². The molecule has 0 aliphatic rings. The molecule has 0 aliphatic carbocycles. The molecule has 0 bridgehead atoms. The molecule has 2 heterocycles. The summed E-state index contributed by atoms with van der Waals surface area (Å²) in [7, 11) is 1.78. The van der Waals surface area contributed by atoms with Gasteiger partial charge in [0.2, 0.25) is 5.95 Å². The number of benzene rings is 1. The van der Waals surface area contributed by atoms with E-state index in [1.165, 1.54) is 11.9 Å². The smallest absolute Gasteiger partial charge is 0.294 e. The fraction of sp³-hybridized carbons (Fsp3) is 0.235. The second-order valence-corrected chi connectivity index (χ2v) is 7.06.